The number of imidazole rings is 1. The molecule has 0 saturated heterocycles. The van der Waals surface area contributed by atoms with E-state index in [-0.39, 0.29) is 16.5 Å². The van der Waals surface area contributed by atoms with Gasteiger partial charge in [-0.1, -0.05) is 203 Å². The number of ether oxygens (including phenoxy) is 1. The van der Waals surface area contributed by atoms with Gasteiger partial charge in [0, 0.05) is 33.8 Å². The Morgan fingerprint density at radius 3 is 1.78 bits per heavy atom. The summed E-state index contributed by atoms with van der Waals surface area (Å²) in [6.45, 7) is 6.53. The lowest BCUT2D eigenvalue weighted by molar-refractivity contribution is -0.570. The minimum absolute atomic E-state index is 0.145. The van der Waals surface area contributed by atoms with E-state index in [0.29, 0.717) is 39.3 Å². The molecule has 6 nitrogen and oxygen atoms in total. The lowest BCUT2D eigenvalue weighted by Gasteiger charge is -2.20. The van der Waals surface area contributed by atoms with Crippen LogP contribution in [0.15, 0.2) is 289 Å². The second-order valence-corrected chi connectivity index (χ2v) is 23.0. The van der Waals surface area contributed by atoms with Crippen molar-refractivity contribution < 1.29 is 31.5 Å². The van der Waals surface area contributed by atoms with Crippen LogP contribution in [0.4, 0.5) is 0 Å². The highest BCUT2D eigenvalue weighted by Crippen LogP contribution is 2.48. The number of nitrogens with zero attached hydrogens (tertiary/aromatic N) is 4. The molecule has 0 radical (unpaired) electrons. The third-order valence-corrected chi connectivity index (χ3v) is 16.8. The maximum atomic E-state index is 10.4. The van der Waals surface area contributed by atoms with Crippen LogP contribution in [-0.2, 0) is 5.41 Å². The van der Waals surface area contributed by atoms with Crippen LogP contribution in [0.5, 0.6) is 11.5 Å². The van der Waals surface area contributed by atoms with Crippen molar-refractivity contribution in [2.45, 2.75) is 26.2 Å². The van der Waals surface area contributed by atoms with E-state index >= 15 is 0 Å². The molecule has 4 aromatic heterocycles. The summed E-state index contributed by atoms with van der Waals surface area (Å²) >= 11 is 0. The Kier molecular flexibility index (Phi) is 9.00. The van der Waals surface area contributed by atoms with Gasteiger partial charge in [0.05, 0.1) is 51.3 Å². The molecule has 0 saturated carbocycles. The van der Waals surface area contributed by atoms with E-state index in [1.807, 2.05) is 155 Å². The van der Waals surface area contributed by atoms with Crippen LogP contribution in [0.2, 0.25) is 0 Å². The van der Waals surface area contributed by atoms with Crippen molar-refractivity contribution in [2.75, 3.05) is 0 Å². The zero-order valence-electron chi connectivity index (χ0n) is 60.7. The van der Waals surface area contributed by atoms with Crippen LogP contribution in [0.25, 0.3) is 150 Å². The molecule has 416 valence electrons. The number of para-hydroxylation sites is 3. The number of aromatic nitrogens is 4. The molecule has 0 spiro atoms. The van der Waals surface area contributed by atoms with E-state index in [4.69, 9.17) is 22.4 Å². The van der Waals surface area contributed by atoms with Gasteiger partial charge in [-0.3, -0.25) is 13.7 Å². The van der Waals surface area contributed by atoms with Crippen LogP contribution in [0.3, 0.4) is 0 Å². The second-order valence-electron chi connectivity index (χ2n) is 23.0. The van der Waals surface area contributed by atoms with Crippen LogP contribution in [0, 0.1) is 6.33 Å². The number of furan rings is 1. The van der Waals surface area contributed by atoms with E-state index in [1.54, 1.807) is 6.07 Å². The Balaban J connectivity index is 0.974. The Labute approximate surface area is 528 Å². The monoisotopic (exact) mass is 1140 g/mol. The molecular weight excluding hydrogens is 1070 g/mol. The topological polar surface area (TPSA) is 49.0 Å². The molecule has 0 aliphatic carbocycles. The lowest BCUT2D eigenvalue weighted by atomic mass is 9.87. The Morgan fingerprint density at radius 2 is 1.05 bits per heavy atom. The summed E-state index contributed by atoms with van der Waals surface area (Å²) < 4.78 is 140. The smallest absolute Gasteiger partial charge is 0.269 e. The molecular formula is C82H56N4O2. The summed E-state index contributed by atoms with van der Waals surface area (Å²) in [6.07, 6.45) is 5.71. The molecule has 17 rings (SSSR count). The van der Waals surface area contributed by atoms with Gasteiger partial charge in [0.15, 0.2) is 0 Å². The maximum Gasteiger partial charge on any atom is 0.269 e. The summed E-state index contributed by atoms with van der Waals surface area (Å²) in [5.41, 5.74) is 10.9. The number of hydrogen-bond donors (Lipinski definition) is 0. The third kappa shape index (κ3) is 8.47. The van der Waals surface area contributed by atoms with Crippen molar-refractivity contribution in [2.24, 2.45) is 0 Å². The highest BCUT2D eigenvalue weighted by molar-refractivity contribution is 6.10. The van der Waals surface area contributed by atoms with Gasteiger partial charge in [-0.15, -0.1) is 0 Å². The van der Waals surface area contributed by atoms with E-state index in [0.717, 1.165) is 94.2 Å². The van der Waals surface area contributed by atoms with E-state index in [9.17, 15) is 9.60 Å². The first-order valence-electron chi connectivity index (χ1n) is 35.5. The number of pyridine rings is 1. The summed E-state index contributed by atoms with van der Waals surface area (Å²) in [5.74, 6) is 1.76. The largest absolute Gasteiger partial charge is 0.458 e. The van der Waals surface area contributed by atoms with Crippen LogP contribution < -0.4 is 9.30 Å². The predicted octanol–water partition coefficient (Wildman–Crippen LogP) is 21.2. The molecule has 0 amide bonds. The van der Waals surface area contributed by atoms with E-state index < -0.39 is 101 Å². The van der Waals surface area contributed by atoms with Gasteiger partial charge in [-0.05, 0) is 180 Å². The highest BCUT2D eigenvalue weighted by Gasteiger charge is 2.28. The van der Waals surface area contributed by atoms with Crippen LogP contribution in [0.1, 0.15) is 44.2 Å². The normalized spacial score (nSPS) is 14.1. The summed E-state index contributed by atoms with van der Waals surface area (Å²) in [5, 5.41) is 3.92. The Bertz CT molecular complexity index is 6150. The van der Waals surface area contributed by atoms with Gasteiger partial charge < -0.3 is 9.15 Å². The third-order valence-electron chi connectivity index (χ3n) is 16.8. The van der Waals surface area contributed by atoms with Crippen molar-refractivity contribution in [3.63, 3.8) is 0 Å². The maximum absolute atomic E-state index is 10.4. The zero-order chi connectivity index (χ0) is 69.9. The molecule has 0 fully saturated rings. The molecule has 5 heterocycles. The first kappa shape index (κ1) is 39.3. The highest BCUT2D eigenvalue weighted by atomic mass is 16.5. The summed E-state index contributed by atoms with van der Waals surface area (Å²) in [7, 11) is 0. The SMILES string of the molecule is [2H]c1c([2H])c([2H])c(-c2c([2H])c(-c3cc4c5c(c3)n(-c3cccc(Oc6ccc7c8ccccc8n(-c8cc(C(C)(C)C)ccn8)c7c6)c3)[c-][n+]5-c3c(-c5ccc6oc7ccccc7c6c5)cccc3-c3ccccc3-c3ccccc3-4)c([2H])c(-c3c([2H])c([2H])c([2H])c([2H])c3[2H])c2[2H])c([2H])c1[2H]. The zero-order valence-corrected chi connectivity index (χ0v) is 47.7. The van der Waals surface area contributed by atoms with Crippen molar-refractivity contribution in [1.82, 2.24) is 14.1 Å². The van der Waals surface area contributed by atoms with Crippen LogP contribution in [-0.4, -0.2) is 14.1 Å². The molecule has 16 aromatic rings. The fraction of sp³-hybridized carbons (Fsp3) is 0.0488. The minimum atomic E-state index is -0.753. The van der Waals surface area contributed by atoms with Crippen molar-refractivity contribution >= 4 is 54.8 Å². The average molecular weight is 1140 g/mol. The average Bonchev–Trinajstić information content (AvgIpc) is 1.66. The second kappa shape index (κ2) is 20.2. The fourth-order valence-corrected chi connectivity index (χ4v) is 12.7. The number of fused-ring (bicyclic) bond motifs is 13. The van der Waals surface area contributed by atoms with E-state index in [2.05, 4.69) is 86.3 Å². The number of hydrogen-bond acceptors (Lipinski definition) is 3. The predicted molar refractivity (Wildman–Crippen MR) is 360 cm³/mol. The number of rotatable bonds is 8. The van der Waals surface area contributed by atoms with Crippen molar-refractivity contribution in [1.29, 1.82) is 0 Å². The first-order chi connectivity index (χ1) is 48.7. The lowest BCUT2D eigenvalue weighted by Crippen LogP contribution is -2.32. The summed E-state index contributed by atoms with van der Waals surface area (Å²) in [4.78, 5) is 4.91. The molecule has 6 heteroatoms. The molecule has 88 heavy (non-hydrogen) atoms. The van der Waals surface area contributed by atoms with Gasteiger partial charge >= 0.3 is 0 Å². The van der Waals surface area contributed by atoms with Crippen molar-refractivity contribution in [3.8, 4) is 107 Å². The summed E-state index contributed by atoms with van der Waals surface area (Å²) in [6, 6.07) is 56.6. The molecule has 0 bridgehead atoms. The number of benzene rings is 12. The van der Waals surface area contributed by atoms with E-state index in [1.165, 1.54) is 0 Å². The fourth-order valence-electron chi connectivity index (χ4n) is 12.7. The molecule has 0 N–H and O–H groups in total. The first-order valence-corrected chi connectivity index (χ1v) is 29.0. The van der Waals surface area contributed by atoms with Gasteiger partial charge in [0.25, 0.3) is 6.33 Å². The Hall–Kier alpha value is -11.3. The van der Waals surface area contributed by atoms with Gasteiger partial charge in [-0.25, -0.2) is 4.98 Å². The quantitative estimate of drug-likeness (QED) is 0.113. The minimum Gasteiger partial charge on any atom is -0.458 e. The molecule has 1 aliphatic rings. The Morgan fingerprint density at radius 1 is 0.443 bits per heavy atom. The van der Waals surface area contributed by atoms with Gasteiger partial charge in [0.2, 0.25) is 0 Å². The van der Waals surface area contributed by atoms with Crippen molar-refractivity contribution in [3.05, 3.63) is 297 Å². The molecule has 0 unspecified atom stereocenters. The molecule has 1 aliphatic heterocycles. The standard InChI is InChI=1S/C82H56N4O2/c1-82(2,3)59-40-41-83-79(48-59)86-74-34-16-14-30-68(74)69-38-37-62(50-75(69)86)87-61-25-18-24-60(49-61)84-51-85-80-63(54-36-39-78-72(45-54)70-31-15-17-35-77(70)88-78)32-19-33-71(80)66-28-12-10-26-64(66)65-27-11-13-29-67(65)73-46-58(47-76(84)81(73)85)57-43-55(52-20-6-4-7-21-52)42-56(44-57)53-22-8-5-9-23-53/h4-50H,1-3H3/i4D,5D,6D,7D,8D,9D,20D,21D,22D,23D,42D,43D,44D. The van der Waals surface area contributed by atoms with Crippen LogP contribution >= 0.6 is 0 Å². The van der Waals surface area contributed by atoms with Gasteiger partial charge in [-0.2, -0.15) is 0 Å². The van der Waals surface area contributed by atoms with Gasteiger partial charge in [0.1, 0.15) is 28.5 Å². The molecule has 0 atom stereocenters. The molecule has 12 aromatic carbocycles.